The van der Waals surface area contributed by atoms with Gasteiger partial charge < -0.3 is 11.1 Å². The predicted molar refractivity (Wildman–Crippen MR) is 72.7 cm³/mol. The van der Waals surface area contributed by atoms with Crippen molar-refractivity contribution in [1.82, 2.24) is 4.98 Å². The summed E-state index contributed by atoms with van der Waals surface area (Å²) < 4.78 is 0.865. The Hall–Kier alpha value is -1.07. The van der Waals surface area contributed by atoms with E-state index in [0.717, 1.165) is 15.4 Å². The summed E-state index contributed by atoms with van der Waals surface area (Å²) in [6, 6.07) is 8.08. The molecule has 1 heterocycles. The fourth-order valence-electron chi connectivity index (χ4n) is 1.37. The standard InChI is InChI=1S/C11H12BrN3S/c1-7(8-2-4-9(13)5-3-8)14-11-15-10(12)6-16-11/h2-7H,13H2,1H3,(H,14,15). The second-order valence-corrected chi connectivity index (χ2v) is 5.18. The van der Waals surface area contributed by atoms with Gasteiger partial charge in [0, 0.05) is 11.1 Å². The van der Waals surface area contributed by atoms with Crippen LogP contribution >= 0.6 is 27.3 Å². The van der Waals surface area contributed by atoms with E-state index in [1.165, 1.54) is 5.56 Å². The molecule has 1 atom stereocenters. The Kier molecular flexibility index (Phi) is 3.46. The lowest BCUT2D eigenvalue weighted by Gasteiger charge is -2.13. The number of nitrogens with zero attached hydrogens (tertiary/aromatic N) is 1. The number of rotatable bonds is 3. The van der Waals surface area contributed by atoms with Crippen LogP contribution in [0.1, 0.15) is 18.5 Å². The number of benzene rings is 1. The van der Waals surface area contributed by atoms with Crippen LogP contribution in [0.4, 0.5) is 10.8 Å². The Balaban J connectivity index is 2.08. The number of aromatic nitrogens is 1. The number of nitrogens with two attached hydrogens (primary N) is 1. The summed E-state index contributed by atoms with van der Waals surface area (Å²) in [5, 5.41) is 6.20. The minimum absolute atomic E-state index is 0.221. The molecule has 0 radical (unpaired) electrons. The average molecular weight is 298 g/mol. The first-order valence-electron chi connectivity index (χ1n) is 4.88. The Morgan fingerprint density at radius 3 is 2.62 bits per heavy atom. The number of hydrogen-bond donors (Lipinski definition) is 2. The molecule has 0 aliphatic carbocycles. The Morgan fingerprint density at radius 2 is 2.06 bits per heavy atom. The lowest BCUT2D eigenvalue weighted by molar-refractivity contribution is 0.881. The molecule has 16 heavy (non-hydrogen) atoms. The summed E-state index contributed by atoms with van der Waals surface area (Å²) >= 11 is 4.91. The van der Waals surface area contributed by atoms with Crippen molar-refractivity contribution >= 4 is 38.1 Å². The number of halogens is 1. The SMILES string of the molecule is CC(Nc1nc(Br)cs1)c1ccc(N)cc1. The molecule has 0 saturated heterocycles. The molecule has 0 aliphatic heterocycles. The fraction of sp³-hybridized carbons (Fsp3) is 0.182. The number of hydrogen-bond acceptors (Lipinski definition) is 4. The summed E-state index contributed by atoms with van der Waals surface area (Å²) in [6.45, 7) is 2.10. The first-order chi connectivity index (χ1) is 7.65. The second-order valence-electron chi connectivity index (χ2n) is 3.51. The molecule has 1 aromatic heterocycles. The van der Waals surface area contributed by atoms with E-state index in [1.54, 1.807) is 11.3 Å². The van der Waals surface area contributed by atoms with E-state index in [1.807, 2.05) is 29.6 Å². The first kappa shape index (κ1) is 11.4. The number of anilines is 2. The van der Waals surface area contributed by atoms with Gasteiger partial charge in [0.1, 0.15) is 4.60 Å². The van der Waals surface area contributed by atoms with Crippen LogP contribution in [0.3, 0.4) is 0 Å². The van der Waals surface area contributed by atoms with Gasteiger partial charge >= 0.3 is 0 Å². The quantitative estimate of drug-likeness (QED) is 0.850. The molecule has 0 fully saturated rings. The summed E-state index contributed by atoms with van der Waals surface area (Å²) in [4.78, 5) is 4.29. The zero-order chi connectivity index (χ0) is 11.5. The Bertz CT molecular complexity index is 466. The second kappa shape index (κ2) is 4.84. The largest absolute Gasteiger partial charge is 0.399 e. The molecular weight excluding hydrogens is 286 g/mol. The molecule has 2 rings (SSSR count). The highest BCUT2D eigenvalue weighted by molar-refractivity contribution is 9.10. The molecule has 3 N–H and O–H groups in total. The Morgan fingerprint density at radius 1 is 1.38 bits per heavy atom. The van der Waals surface area contributed by atoms with E-state index in [9.17, 15) is 0 Å². The van der Waals surface area contributed by atoms with Crippen molar-refractivity contribution in [2.45, 2.75) is 13.0 Å². The maximum absolute atomic E-state index is 5.65. The molecular formula is C11H12BrN3S. The molecule has 0 spiro atoms. The molecule has 5 heteroatoms. The highest BCUT2D eigenvalue weighted by Gasteiger charge is 2.07. The van der Waals surface area contributed by atoms with Gasteiger partial charge in [0.15, 0.2) is 5.13 Å². The molecule has 2 aromatic rings. The number of nitrogen functional groups attached to an aromatic ring is 1. The zero-order valence-electron chi connectivity index (χ0n) is 8.77. The molecule has 0 aliphatic rings. The van der Waals surface area contributed by atoms with Gasteiger partial charge in [0.25, 0.3) is 0 Å². The molecule has 84 valence electrons. The van der Waals surface area contributed by atoms with Gasteiger partial charge in [-0.05, 0) is 40.5 Å². The van der Waals surface area contributed by atoms with Crippen molar-refractivity contribution in [3.05, 3.63) is 39.8 Å². The highest BCUT2D eigenvalue weighted by atomic mass is 79.9. The summed E-state index contributed by atoms with van der Waals surface area (Å²) in [6.07, 6.45) is 0. The van der Waals surface area contributed by atoms with Crippen molar-refractivity contribution in [3.63, 3.8) is 0 Å². The minimum Gasteiger partial charge on any atom is -0.399 e. The normalized spacial score (nSPS) is 12.4. The van der Waals surface area contributed by atoms with Crippen LogP contribution in [0.25, 0.3) is 0 Å². The average Bonchev–Trinajstić information content (AvgIpc) is 2.65. The third-order valence-electron chi connectivity index (χ3n) is 2.25. The van der Waals surface area contributed by atoms with Crippen molar-refractivity contribution in [2.75, 3.05) is 11.1 Å². The number of nitrogens with one attached hydrogen (secondary N) is 1. The van der Waals surface area contributed by atoms with Crippen LogP contribution in [0.2, 0.25) is 0 Å². The zero-order valence-corrected chi connectivity index (χ0v) is 11.2. The first-order valence-corrected chi connectivity index (χ1v) is 6.55. The van der Waals surface area contributed by atoms with E-state index in [2.05, 4.69) is 33.2 Å². The van der Waals surface area contributed by atoms with Gasteiger partial charge in [-0.25, -0.2) is 4.98 Å². The fourth-order valence-corrected chi connectivity index (χ4v) is 2.61. The van der Waals surface area contributed by atoms with Crippen LogP contribution in [0.15, 0.2) is 34.2 Å². The van der Waals surface area contributed by atoms with Crippen molar-refractivity contribution in [3.8, 4) is 0 Å². The summed E-state index contributed by atoms with van der Waals surface area (Å²) in [5.41, 5.74) is 7.63. The molecule has 1 unspecified atom stereocenters. The van der Waals surface area contributed by atoms with Crippen LogP contribution in [-0.4, -0.2) is 4.98 Å². The van der Waals surface area contributed by atoms with Crippen LogP contribution in [0.5, 0.6) is 0 Å². The third-order valence-corrected chi connectivity index (χ3v) is 3.74. The van der Waals surface area contributed by atoms with Gasteiger partial charge in [-0.2, -0.15) is 0 Å². The molecule has 1 aromatic carbocycles. The van der Waals surface area contributed by atoms with E-state index < -0.39 is 0 Å². The van der Waals surface area contributed by atoms with E-state index in [4.69, 9.17) is 5.73 Å². The van der Waals surface area contributed by atoms with Gasteiger partial charge in [-0.3, -0.25) is 0 Å². The van der Waals surface area contributed by atoms with E-state index in [-0.39, 0.29) is 6.04 Å². The van der Waals surface area contributed by atoms with Crippen molar-refractivity contribution in [2.24, 2.45) is 0 Å². The molecule has 0 amide bonds. The lowest BCUT2D eigenvalue weighted by Crippen LogP contribution is -2.06. The highest BCUT2D eigenvalue weighted by Crippen LogP contribution is 2.24. The van der Waals surface area contributed by atoms with Crippen molar-refractivity contribution < 1.29 is 0 Å². The van der Waals surface area contributed by atoms with Gasteiger partial charge in [0.05, 0.1) is 6.04 Å². The van der Waals surface area contributed by atoms with E-state index >= 15 is 0 Å². The molecule has 3 nitrogen and oxygen atoms in total. The predicted octanol–water partition coefficient (Wildman–Crippen LogP) is 3.66. The molecule has 0 bridgehead atoms. The third kappa shape index (κ3) is 2.74. The maximum atomic E-state index is 5.65. The topological polar surface area (TPSA) is 50.9 Å². The Labute approximate surface area is 107 Å². The van der Waals surface area contributed by atoms with Gasteiger partial charge in [0.2, 0.25) is 0 Å². The monoisotopic (exact) mass is 297 g/mol. The minimum atomic E-state index is 0.221. The smallest absolute Gasteiger partial charge is 0.184 e. The lowest BCUT2D eigenvalue weighted by atomic mass is 10.1. The summed E-state index contributed by atoms with van der Waals surface area (Å²) in [5.74, 6) is 0. The van der Waals surface area contributed by atoms with E-state index in [0.29, 0.717) is 0 Å². The molecule has 0 saturated carbocycles. The van der Waals surface area contributed by atoms with Crippen LogP contribution < -0.4 is 11.1 Å². The van der Waals surface area contributed by atoms with Gasteiger partial charge in [-0.15, -0.1) is 11.3 Å². The van der Waals surface area contributed by atoms with Gasteiger partial charge in [-0.1, -0.05) is 12.1 Å². The van der Waals surface area contributed by atoms with Crippen molar-refractivity contribution in [1.29, 1.82) is 0 Å². The maximum Gasteiger partial charge on any atom is 0.184 e. The number of thiazole rings is 1. The summed E-state index contributed by atoms with van der Waals surface area (Å²) in [7, 11) is 0. The van der Waals surface area contributed by atoms with Crippen LogP contribution in [-0.2, 0) is 0 Å². The van der Waals surface area contributed by atoms with Crippen LogP contribution in [0, 0.1) is 0 Å².